The molecule has 3 N–H and O–H groups in total. The van der Waals surface area contributed by atoms with Gasteiger partial charge in [-0.05, 0) is 65.1 Å². The molecule has 2 atom stereocenters. The first-order chi connectivity index (χ1) is 21.5. The lowest BCUT2D eigenvalue weighted by atomic mass is 9.96. The normalized spacial score (nSPS) is 17.2. The van der Waals surface area contributed by atoms with Crippen LogP contribution in [-0.4, -0.2) is 43.6 Å². The Hall–Kier alpha value is -4.26. The number of nitrogens with zero attached hydrogens (tertiary/aromatic N) is 1. The summed E-state index contributed by atoms with van der Waals surface area (Å²) in [5, 5.41) is 26.6. The summed E-state index contributed by atoms with van der Waals surface area (Å²) >= 11 is 6.75. The van der Waals surface area contributed by atoms with Crippen molar-refractivity contribution in [3.8, 4) is 40.2 Å². The van der Waals surface area contributed by atoms with Crippen molar-refractivity contribution in [2.45, 2.75) is 38.8 Å². The molecule has 1 fully saturated rings. The number of hydrogen-bond donors (Lipinski definition) is 3. The lowest BCUT2D eigenvalue weighted by molar-refractivity contribution is 0.162. The molecule has 0 unspecified atom stereocenters. The quantitative estimate of drug-likeness (QED) is 0.215. The van der Waals surface area contributed by atoms with Crippen LogP contribution in [0.25, 0.3) is 11.1 Å². The molecule has 0 aliphatic carbocycles. The predicted octanol–water partition coefficient (Wildman–Crippen LogP) is 5.54. The third kappa shape index (κ3) is 6.77. The van der Waals surface area contributed by atoms with Crippen LogP contribution in [0.3, 0.4) is 0 Å². The van der Waals surface area contributed by atoms with Gasteiger partial charge in [0.2, 0.25) is 0 Å². The molecule has 8 nitrogen and oxygen atoms in total. The highest BCUT2D eigenvalue weighted by Crippen LogP contribution is 2.37. The van der Waals surface area contributed by atoms with Crippen LogP contribution >= 0.6 is 11.6 Å². The zero-order chi connectivity index (χ0) is 30.5. The summed E-state index contributed by atoms with van der Waals surface area (Å²) in [5.74, 6) is 2.63. The summed E-state index contributed by atoms with van der Waals surface area (Å²) in [4.78, 5) is 0. The van der Waals surface area contributed by atoms with E-state index in [4.69, 9.17) is 30.5 Å². The maximum Gasteiger partial charge on any atom is 0.161 e. The summed E-state index contributed by atoms with van der Waals surface area (Å²) in [7, 11) is 0. The molecule has 0 spiro atoms. The highest BCUT2D eigenvalue weighted by Gasteiger charge is 2.25. The van der Waals surface area contributed by atoms with E-state index in [2.05, 4.69) is 29.7 Å². The molecule has 6 rings (SSSR count). The predicted molar refractivity (Wildman–Crippen MR) is 168 cm³/mol. The standard InChI is InChI=1S/C35H34ClN3O5/c1-22-26(6-3-7-28(22)25-8-9-32-35(14-25)42-11-10-41-32)21-44-34-15-33(43-20-24-5-2-4-23(12-24)16-37)27(13-29(34)36)17-39-30-18-38-19-31(30)40/h2-9,12-15,30-31,38-40H,10-11,17-21H2,1H3/t30-,31-/m0/s1. The number of nitriles is 1. The average Bonchev–Trinajstić information content (AvgIpc) is 3.47. The molecule has 0 aromatic heterocycles. The number of aliphatic hydroxyl groups is 1. The highest BCUT2D eigenvalue weighted by molar-refractivity contribution is 6.32. The number of fused-ring (bicyclic) bond motifs is 1. The second-order valence-corrected chi connectivity index (χ2v) is 11.3. The average molecular weight is 612 g/mol. The van der Waals surface area contributed by atoms with Crippen LogP contribution in [-0.2, 0) is 19.8 Å². The van der Waals surface area contributed by atoms with E-state index < -0.39 is 6.10 Å². The molecular weight excluding hydrogens is 578 g/mol. The van der Waals surface area contributed by atoms with Crippen molar-refractivity contribution in [1.29, 1.82) is 5.26 Å². The molecule has 0 saturated carbocycles. The molecule has 1 saturated heterocycles. The molecule has 0 amide bonds. The van der Waals surface area contributed by atoms with E-state index in [0.717, 1.165) is 44.9 Å². The largest absolute Gasteiger partial charge is 0.488 e. The summed E-state index contributed by atoms with van der Waals surface area (Å²) in [6, 6.07) is 25.2. The Kier molecular flexibility index (Phi) is 9.20. The van der Waals surface area contributed by atoms with Crippen molar-refractivity contribution in [3.05, 3.63) is 106 Å². The number of nitrogens with one attached hydrogen (secondary N) is 2. The molecule has 4 aromatic rings. The molecule has 0 bridgehead atoms. The van der Waals surface area contributed by atoms with Gasteiger partial charge >= 0.3 is 0 Å². The Morgan fingerprint density at radius 1 is 0.932 bits per heavy atom. The fourth-order valence-electron chi connectivity index (χ4n) is 5.48. The van der Waals surface area contributed by atoms with Gasteiger partial charge in [-0.3, -0.25) is 0 Å². The smallest absolute Gasteiger partial charge is 0.161 e. The molecule has 4 aromatic carbocycles. The molecule has 2 aliphatic heterocycles. The molecule has 0 radical (unpaired) electrons. The monoisotopic (exact) mass is 611 g/mol. The van der Waals surface area contributed by atoms with Gasteiger partial charge in [-0.25, -0.2) is 0 Å². The SMILES string of the molecule is Cc1c(COc2cc(OCc3cccc(C#N)c3)c(CN[C@H]3CNC[C@@H]3O)cc2Cl)cccc1-c1ccc2c(c1)OCCO2. The van der Waals surface area contributed by atoms with Crippen LogP contribution in [0.1, 0.15) is 27.8 Å². The number of β-amino-alcohol motifs (C(OH)–C–C–N with tert-alkyl or cyclic N) is 1. The first kappa shape index (κ1) is 29.8. The van der Waals surface area contributed by atoms with Crippen molar-refractivity contribution in [3.63, 3.8) is 0 Å². The first-order valence-electron chi connectivity index (χ1n) is 14.7. The number of hydrogen-bond acceptors (Lipinski definition) is 8. The minimum absolute atomic E-state index is 0.0747. The molecule has 2 aliphatic rings. The molecular formula is C35H34ClN3O5. The highest BCUT2D eigenvalue weighted by atomic mass is 35.5. The van der Waals surface area contributed by atoms with E-state index in [0.29, 0.717) is 61.5 Å². The second-order valence-electron chi connectivity index (χ2n) is 10.9. The summed E-state index contributed by atoms with van der Waals surface area (Å²) < 4.78 is 24.0. The van der Waals surface area contributed by atoms with Gasteiger partial charge in [0, 0.05) is 37.3 Å². The van der Waals surface area contributed by atoms with Crippen LogP contribution in [0.15, 0.2) is 72.8 Å². The van der Waals surface area contributed by atoms with Gasteiger partial charge < -0.3 is 34.7 Å². The summed E-state index contributed by atoms with van der Waals surface area (Å²) in [6.07, 6.45) is -0.465. The zero-order valence-electron chi connectivity index (χ0n) is 24.4. The fraction of sp³-hybridized carbons (Fsp3) is 0.286. The summed E-state index contributed by atoms with van der Waals surface area (Å²) in [6.45, 7) is 5.44. The number of aliphatic hydroxyl groups excluding tert-OH is 1. The van der Waals surface area contributed by atoms with Crippen LogP contribution in [0.2, 0.25) is 5.02 Å². The number of ether oxygens (including phenoxy) is 4. The Bertz CT molecular complexity index is 1690. The third-order valence-corrected chi connectivity index (χ3v) is 8.28. The van der Waals surface area contributed by atoms with Gasteiger partial charge in [0.05, 0.1) is 22.8 Å². The van der Waals surface area contributed by atoms with Gasteiger partial charge in [0.25, 0.3) is 0 Å². The summed E-state index contributed by atoms with van der Waals surface area (Å²) in [5.41, 5.74) is 6.54. The Balaban J connectivity index is 1.22. The molecule has 226 valence electrons. The van der Waals surface area contributed by atoms with Crippen LogP contribution in [0, 0.1) is 18.3 Å². The zero-order valence-corrected chi connectivity index (χ0v) is 25.2. The van der Waals surface area contributed by atoms with E-state index in [1.165, 1.54) is 0 Å². The lowest BCUT2D eigenvalue weighted by Crippen LogP contribution is -2.38. The van der Waals surface area contributed by atoms with E-state index in [9.17, 15) is 10.4 Å². The van der Waals surface area contributed by atoms with Crippen LogP contribution < -0.4 is 29.6 Å². The van der Waals surface area contributed by atoms with Crippen LogP contribution in [0.4, 0.5) is 0 Å². The Labute approximate surface area is 262 Å². The fourth-order valence-corrected chi connectivity index (χ4v) is 5.72. The van der Waals surface area contributed by atoms with Crippen LogP contribution in [0.5, 0.6) is 23.0 Å². The van der Waals surface area contributed by atoms with Gasteiger partial charge in [0.1, 0.15) is 37.9 Å². The first-order valence-corrected chi connectivity index (χ1v) is 15.0. The lowest BCUT2D eigenvalue weighted by Gasteiger charge is -2.20. The van der Waals surface area contributed by atoms with Crippen molar-refractivity contribution in [2.75, 3.05) is 26.3 Å². The minimum atomic E-state index is -0.465. The third-order valence-electron chi connectivity index (χ3n) is 7.98. The van der Waals surface area contributed by atoms with E-state index >= 15 is 0 Å². The number of rotatable bonds is 10. The Morgan fingerprint density at radius 3 is 2.57 bits per heavy atom. The molecule has 9 heteroatoms. The van der Waals surface area contributed by atoms with Gasteiger partial charge in [0.15, 0.2) is 11.5 Å². The number of halogens is 1. The van der Waals surface area contributed by atoms with Crippen molar-refractivity contribution >= 4 is 11.6 Å². The minimum Gasteiger partial charge on any atom is -0.488 e. The van der Waals surface area contributed by atoms with Crippen molar-refractivity contribution in [2.24, 2.45) is 0 Å². The van der Waals surface area contributed by atoms with E-state index in [1.54, 1.807) is 6.07 Å². The molecule has 2 heterocycles. The van der Waals surface area contributed by atoms with E-state index in [1.807, 2.05) is 60.7 Å². The maximum atomic E-state index is 10.2. The van der Waals surface area contributed by atoms with Gasteiger partial charge in [-0.1, -0.05) is 48.0 Å². The topological polar surface area (TPSA) is 105 Å². The van der Waals surface area contributed by atoms with Gasteiger partial charge in [-0.15, -0.1) is 0 Å². The molecule has 44 heavy (non-hydrogen) atoms. The maximum absolute atomic E-state index is 10.2. The number of benzene rings is 4. The van der Waals surface area contributed by atoms with E-state index in [-0.39, 0.29) is 12.6 Å². The Morgan fingerprint density at radius 2 is 1.75 bits per heavy atom. The van der Waals surface area contributed by atoms with Crippen molar-refractivity contribution < 1.29 is 24.1 Å². The second kappa shape index (κ2) is 13.6. The van der Waals surface area contributed by atoms with Crippen molar-refractivity contribution in [1.82, 2.24) is 10.6 Å². The van der Waals surface area contributed by atoms with Gasteiger partial charge in [-0.2, -0.15) is 5.26 Å².